The van der Waals surface area contributed by atoms with Gasteiger partial charge in [0.05, 0.1) is 18.4 Å². The molecule has 1 atom stereocenters. The molecule has 0 spiro atoms. The molecule has 3 aromatic carbocycles. The standard InChI is InChI=1S/C25H21NO4/c1-29-25(28)19-12-13-23-21(15-19)22(26-24(27)18-10-6-3-7-11-18)16-20(30-23)14-17-8-4-2-5-9-17/h2-13,15-16,20H,14H2,1H3,(H,26,27)/t20-/m0/s1. The molecular weight excluding hydrogens is 378 g/mol. The number of carbonyl (C=O) groups excluding carboxylic acids is 2. The van der Waals surface area contributed by atoms with Crippen molar-refractivity contribution in [2.45, 2.75) is 12.5 Å². The van der Waals surface area contributed by atoms with Crippen LogP contribution in [0, 0.1) is 0 Å². The van der Waals surface area contributed by atoms with Gasteiger partial charge in [0.25, 0.3) is 5.91 Å². The molecule has 0 aromatic heterocycles. The van der Waals surface area contributed by atoms with Crippen molar-refractivity contribution in [1.29, 1.82) is 0 Å². The van der Waals surface area contributed by atoms with Gasteiger partial charge in [-0.1, -0.05) is 48.5 Å². The van der Waals surface area contributed by atoms with Crippen molar-refractivity contribution in [3.8, 4) is 5.75 Å². The van der Waals surface area contributed by atoms with E-state index in [4.69, 9.17) is 9.47 Å². The first-order valence-electron chi connectivity index (χ1n) is 9.65. The van der Waals surface area contributed by atoms with Crippen molar-refractivity contribution in [1.82, 2.24) is 5.32 Å². The lowest BCUT2D eigenvalue weighted by molar-refractivity contribution is 0.0600. The Morgan fingerprint density at radius 3 is 2.33 bits per heavy atom. The van der Waals surface area contributed by atoms with Gasteiger partial charge >= 0.3 is 5.97 Å². The van der Waals surface area contributed by atoms with Crippen LogP contribution in [-0.4, -0.2) is 25.1 Å². The maximum atomic E-state index is 12.8. The number of methoxy groups -OCH3 is 1. The van der Waals surface area contributed by atoms with Gasteiger partial charge in [0.2, 0.25) is 0 Å². The number of ether oxygens (including phenoxy) is 2. The molecule has 1 heterocycles. The van der Waals surface area contributed by atoms with Crippen molar-refractivity contribution >= 4 is 17.6 Å². The Morgan fingerprint density at radius 1 is 0.933 bits per heavy atom. The highest BCUT2D eigenvalue weighted by Crippen LogP contribution is 2.33. The van der Waals surface area contributed by atoms with Crippen LogP contribution < -0.4 is 10.1 Å². The third-order valence-corrected chi connectivity index (χ3v) is 4.89. The lowest BCUT2D eigenvalue weighted by Crippen LogP contribution is -2.29. The fourth-order valence-corrected chi connectivity index (χ4v) is 3.40. The van der Waals surface area contributed by atoms with E-state index >= 15 is 0 Å². The van der Waals surface area contributed by atoms with E-state index in [1.165, 1.54) is 7.11 Å². The van der Waals surface area contributed by atoms with Gasteiger partial charge in [0.1, 0.15) is 11.9 Å². The van der Waals surface area contributed by atoms with Gasteiger partial charge in [-0.3, -0.25) is 4.79 Å². The molecule has 1 aliphatic heterocycles. The molecular formula is C25H21NO4. The Hall–Kier alpha value is -3.86. The number of nitrogens with one attached hydrogen (secondary N) is 1. The van der Waals surface area contributed by atoms with Crippen molar-refractivity contribution in [3.05, 3.63) is 107 Å². The fraction of sp³-hybridized carbons (Fsp3) is 0.120. The van der Waals surface area contributed by atoms with Crippen LogP contribution in [0.4, 0.5) is 0 Å². The summed E-state index contributed by atoms with van der Waals surface area (Å²) >= 11 is 0. The summed E-state index contributed by atoms with van der Waals surface area (Å²) in [7, 11) is 1.34. The van der Waals surface area contributed by atoms with E-state index in [2.05, 4.69) is 5.32 Å². The van der Waals surface area contributed by atoms with Gasteiger partial charge in [-0.2, -0.15) is 0 Å². The van der Waals surface area contributed by atoms with E-state index in [-0.39, 0.29) is 12.0 Å². The highest BCUT2D eigenvalue weighted by molar-refractivity contribution is 6.00. The molecule has 1 N–H and O–H groups in total. The fourth-order valence-electron chi connectivity index (χ4n) is 3.40. The topological polar surface area (TPSA) is 64.6 Å². The first-order chi connectivity index (χ1) is 14.6. The lowest BCUT2D eigenvalue weighted by Gasteiger charge is -2.26. The summed E-state index contributed by atoms with van der Waals surface area (Å²) in [6.07, 6.45) is 2.29. The van der Waals surface area contributed by atoms with Crippen LogP contribution in [-0.2, 0) is 11.2 Å². The Kier molecular flexibility index (Phi) is 5.61. The van der Waals surface area contributed by atoms with E-state index in [1.807, 2.05) is 54.6 Å². The molecule has 3 aromatic rings. The highest BCUT2D eigenvalue weighted by atomic mass is 16.5. The Bertz CT molecular complexity index is 1090. The predicted molar refractivity (Wildman–Crippen MR) is 114 cm³/mol. The van der Waals surface area contributed by atoms with Crippen LogP contribution in [0.5, 0.6) is 5.75 Å². The van der Waals surface area contributed by atoms with Crippen LogP contribution in [0.15, 0.2) is 84.9 Å². The maximum Gasteiger partial charge on any atom is 0.337 e. The minimum Gasteiger partial charge on any atom is -0.485 e. The zero-order chi connectivity index (χ0) is 20.9. The van der Waals surface area contributed by atoms with Crippen LogP contribution in [0.25, 0.3) is 5.70 Å². The molecule has 0 aliphatic carbocycles. The number of fused-ring (bicyclic) bond motifs is 1. The van der Waals surface area contributed by atoms with Gasteiger partial charge in [-0.15, -0.1) is 0 Å². The first kappa shape index (κ1) is 19.5. The highest BCUT2D eigenvalue weighted by Gasteiger charge is 2.24. The molecule has 150 valence electrons. The molecule has 0 fully saturated rings. The molecule has 1 aliphatic rings. The summed E-state index contributed by atoms with van der Waals surface area (Å²) in [4.78, 5) is 24.8. The second-order valence-electron chi connectivity index (χ2n) is 6.95. The van der Waals surface area contributed by atoms with Crippen molar-refractivity contribution in [2.75, 3.05) is 7.11 Å². The molecule has 1 amide bonds. The minimum atomic E-state index is -0.446. The summed E-state index contributed by atoms with van der Waals surface area (Å²) in [5.41, 5.74) is 3.32. The SMILES string of the molecule is COC(=O)c1ccc2c(c1)C(NC(=O)c1ccccc1)=C[C@H](Cc1ccccc1)O2. The number of carbonyl (C=O) groups is 2. The number of hydrogen-bond acceptors (Lipinski definition) is 4. The zero-order valence-corrected chi connectivity index (χ0v) is 16.5. The molecule has 0 bridgehead atoms. The van der Waals surface area contributed by atoms with Crippen molar-refractivity contribution in [2.24, 2.45) is 0 Å². The second kappa shape index (κ2) is 8.66. The molecule has 0 saturated heterocycles. The van der Waals surface area contributed by atoms with E-state index in [9.17, 15) is 9.59 Å². The number of amides is 1. The maximum absolute atomic E-state index is 12.8. The number of esters is 1. The van der Waals surface area contributed by atoms with Gasteiger partial charge in [0, 0.05) is 17.5 Å². The monoisotopic (exact) mass is 399 g/mol. The molecule has 0 radical (unpaired) electrons. The Morgan fingerprint density at radius 2 is 1.63 bits per heavy atom. The van der Waals surface area contributed by atoms with Crippen molar-refractivity contribution in [3.63, 3.8) is 0 Å². The van der Waals surface area contributed by atoms with Gasteiger partial charge in [-0.25, -0.2) is 4.79 Å². The normalized spacial score (nSPS) is 14.7. The Balaban J connectivity index is 1.68. The lowest BCUT2D eigenvalue weighted by atomic mass is 9.99. The smallest absolute Gasteiger partial charge is 0.337 e. The van der Waals surface area contributed by atoms with E-state index < -0.39 is 5.97 Å². The minimum absolute atomic E-state index is 0.225. The van der Waals surface area contributed by atoms with E-state index in [0.29, 0.717) is 34.6 Å². The molecule has 5 heteroatoms. The molecule has 30 heavy (non-hydrogen) atoms. The van der Waals surface area contributed by atoms with Gasteiger partial charge < -0.3 is 14.8 Å². The predicted octanol–water partition coefficient (Wildman–Crippen LogP) is 4.25. The number of rotatable bonds is 5. The van der Waals surface area contributed by atoms with Crippen molar-refractivity contribution < 1.29 is 19.1 Å². The second-order valence-corrected chi connectivity index (χ2v) is 6.95. The van der Waals surface area contributed by atoms with Crippen LogP contribution in [0.2, 0.25) is 0 Å². The quantitative estimate of drug-likeness (QED) is 0.652. The molecule has 0 unspecified atom stereocenters. The largest absolute Gasteiger partial charge is 0.485 e. The summed E-state index contributed by atoms with van der Waals surface area (Å²) in [6.45, 7) is 0. The van der Waals surface area contributed by atoms with E-state index in [0.717, 1.165) is 5.56 Å². The zero-order valence-electron chi connectivity index (χ0n) is 16.5. The Labute approximate surface area is 175 Å². The van der Waals surface area contributed by atoms with E-state index in [1.54, 1.807) is 30.3 Å². The number of benzene rings is 3. The molecule has 4 rings (SSSR count). The first-order valence-corrected chi connectivity index (χ1v) is 9.65. The molecule has 5 nitrogen and oxygen atoms in total. The summed E-state index contributed by atoms with van der Waals surface area (Å²) < 4.78 is 11.0. The van der Waals surface area contributed by atoms with Gasteiger partial charge in [-0.05, 0) is 42.0 Å². The van der Waals surface area contributed by atoms with Crippen LogP contribution in [0.1, 0.15) is 31.8 Å². The van der Waals surface area contributed by atoms with Crippen LogP contribution in [0.3, 0.4) is 0 Å². The summed E-state index contributed by atoms with van der Waals surface area (Å²) in [6, 6.07) is 24.1. The average molecular weight is 399 g/mol. The summed E-state index contributed by atoms with van der Waals surface area (Å²) in [5.74, 6) is -0.0657. The summed E-state index contributed by atoms with van der Waals surface area (Å²) in [5, 5.41) is 2.98. The average Bonchev–Trinajstić information content (AvgIpc) is 2.79. The molecule has 0 saturated carbocycles. The third-order valence-electron chi connectivity index (χ3n) is 4.89. The number of hydrogen-bond donors (Lipinski definition) is 1. The third kappa shape index (κ3) is 4.25. The van der Waals surface area contributed by atoms with Gasteiger partial charge in [0.15, 0.2) is 0 Å². The van der Waals surface area contributed by atoms with Crippen LogP contribution >= 0.6 is 0 Å².